The molecule has 0 aliphatic carbocycles. The molecule has 0 radical (unpaired) electrons. The summed E-state index contributed by atoms with van der Waals surface area (Å²) in [6.07, 6.45) is 2.76. The van der Waals surface area contributed by atoms with Gasteiger partial charge in [0, 0.05) is 64.6 Å². The van der Waals surface area contributed by atoms with Gasteiger partial charge in [0.25, 0.3) is 5.91 Å². The number of unbranched alkanes of at least 4 members (excludes halogenated alkanes) is 1. The van der Waals surface area contributed by atoms with Crippen LogP contribution in [-0.4, -0.2) is 110 Å². The Kier molecular flexibility index (Phi) is 11.5. The van der Waals surface area contributed by atoms with Crippen LogP contribution in [0.3, 0.4) is 0 Å². The van der Waals surface area contributed by atoms with Crippen LogP contribution in [0.1, 0.15) is 38.2 Å². The molecule has 3 rings (SSSR count). The van der Waals surface area contributed by atoms with E-state index in [2.05, 4.69) is 5.32 Å². The zero-order chi connectivity index (χ0) is 26.6. The fraction of sp³-hybridized carbons (Fsp3) is 0.630. The maximum Gasteiger partial charge on any atom is 0.289 e. The molecule has 0 aromatic heterocycles. The predicted molar refractivity (Wildman–Crippen MR) is 143 cm³/mol. The van der Waals surface area contributed by atoms with E-state index in [0.717, 1.165) is 12.8 Å². The van der Waals surface area contributed by atoms with E-state index in [1.165, 1.54) is 4.90 Å². The van der Waals surface area contributed by atoms with Crippen molar-refractivity contribution in [3.63, 3.8) is 0 Å². The van der Waals surface area contributed by atoms with E-state index in [4.69, 9.17) is 20.3 Å². The maximum atomic E-state index is 13.8. The number of hydrogen-bond acceptors (Lipinski definition) is 7. The topological polar surface area (TPSA) is 122 Å². The molecular formula is C27H42N6O4. The number of amidine groups is 2. The molecule has 0 saturated carbocycles. The van der Waals surface area contributed by atoms with Crippen molar-refractivity contribution in [3.05, 3.63) is 35.9 Å². The van der Waals surface area contributed by atoms with E-state index in [-0.39, 0.29) is 29.5 Å². The van der Waals surface area contributed by atoms with Crippen LogP contribution in [0.5, 0.6) is 0 Å². The highest BCUT2D eigenvalue weighted by Gasteiger charge is 2.37. The van der Waals surface area contributed by atoms with Crippen molar-refractivity contribution >= 4 is 23.5 Å². The molecule has 37 heavy (non-hydrogen) atoms. The molecule has 2 aliphatic rings. The third kappa shape index (κ3) is 7.83. The fourth-order valence-corrected chi connectivity index (χ4v) is 4.93. The SMILES string of the molecule is CCCN(C(=O)C(=N)N(CCCCOC)C(=N)c1ccccc1)[C@@H]1CNC[C@H](C(=O)N2CCOCC2)C1. The molecule has 2 heterocycles. The summed E-state index contributed by atoms with van der Waals surface area (Å²) < 4.78 is 10.5. The summed E-state index contributed by atoms with van der Waals surface area (Å²) >= 11 is 0. The molecule has 2 saturated heterocycles. The van der Waals surface area contributed by atoms with Gasteiger partial charge in [0.1, 0.15) is 5.84 Å². The van der Waals surface area contributed by atoms with Crippen molar-refractivity contribution in [2.75, 3.05) is 66.2 Å². The molecule has 1 aromatic carbocycles. The average Bonchev–Trinajstić information content (AvgIpc) is 2.95. The number of morpholine rings is 1. The monoisotopic (exact) mass is 514 g/mol. The summed E-state index contributed by atoms with van der Waals surface area (Å²) in [4.78, 5) is 32.0. The number of carbonyl (C=O) groups is 2. The van der Waals surface area contributed by atoms with Gasteiger partial charge in [-0.3, -0.25) is 20.4 Å². The van der Waals surface area contributed by atoms with Crippen LogP contribution in [0, 0.1) is 16.7 Å². The van der Waals surface area contributed by atoms with Crippen molar-refractivity contribution in [3.8, 4) is 0 Å². The summed E-state index contributed by atoms with van der Waals surface area (Å²) in [6.45, 7) is 6.93. The van der Waals surface area contributed by atoms with Gasteiger partial charge in [-0.2, -0.15) is 0 Å². The molecule has 0 bridgehead atoms. The summed E-state index contributed by atoms with van der Waals surface area (Å²) in [5.74, 6) is -0.590. The van der Waals surface area contributed by atoms with E-state index < -0.39 is 5.91 Å². The largest absolute Gasteiger partial charge is 0.385 e. The third-order valence-electron chi connectivity index (χ3n) is 6.94. The van der Waals surface area contributed by atoms with Crippen LogP contribution >= 0.6 is 0 Å². The molecule has 204 valence electrons. The second-order valence-electron chi connectivity index (χ2n) is 9.60. The van der Waals surface area contributed by atoms with Gasteiger partial charge in [-0.25, -0.2) is 0 Å². The van der Waals surface area contributed by atoms with E-state index in [1.807, 2.05) is 42.2 Å². The number of carbonyl (C=O) groups excluding carboxylic acids is 2. The van der Waals surface area contributed by atoms with Gasteiger partial charge < -0.3 is 29.5 Å². The molecule has 2 aliphatic heterocycles. The standard InChI is InChI=1S/C27H42N6O4/c1-3-11-32(23-18-22(19-30-20-23)26(34)31-13-16-37-17-14-31)27(35)25(29)33(12-7-8-15-36-2)24(28)21-9-5-4-6-10-21/h4-6,9-10,22-23,28-30H,3,7-8,11-20H2,1-2H3/t22-,23+/m1/s1. The minimum atomic E-state index is -0.402. The van der Waals surface area contributed by atoms with Crippen molar-refractivity contribution in [2.24, 2.45) is 5.92 Å². The Hall–Kier alpha value is -2.82. The van der Waals surface area contributed by atoms with Crippen molar-refractivity contribution in [1.29, 1.82) is 10.8 Å². The lowest BCUT2D eigenvalue weighted by Gasteiger charge is -2.40. The Morgan fingerprint density at radius 3 is 2.51 bits per heavy atom. The molecular weight excluding hydrogens is 472 g/mol. The first-order chi connectivity index (χ1) is 18.0. The number of nitrogens with zero attached hydrogens (tertiary/aromatic N) is 3. The Morgan fingerprint density at radius 1 is 1.11 bits per heavy atom. The highest BCUT2D eigenvalue weighted by molar-refractivity contribution is 6.39. The summed E-state index contributed by atoms with van der Waals surface area (Å²) in [7, 11) is 1.65. The lowest BCUT2D eigenvalue weighted by atomic mass is 9.92. The van der Waals surface area contributed by atoms with E-state index in [0.29, 0.717) is 77.5 Å². The first-order valence-electron chi connectivity index (χ1n) is 13.3. The molecule has 2 atom stereocenters. The van der Waals surface area contributed by atoms with Crippen LogP contribution in [0.4, 0.5) is 0 Å². The van der Waals surface area contributed by atoms with Crippen molar-refractivity contribution in [2.45, 2.75) is 38.6 Å². The van der Waals surface area contributed by atoms with Crippen LogP contribution in [0.2, 0.25) is 0 Å². The smallest absolute Gasteiger partial charge is 0.289 e. The number of benzene rings is 1. The van der Waals surface area contributed by atoms with Gasteiger partial charge >= 0.3 is 0 Å². The van der Waals surface area contributed by atoms with Crippen LogP contribution in [0.25, 0.3) is 0 Å². The molecule has 0 unspecified atom stereocenters. The first-order valence-corrected chi connectivity index (χ1v) is 13.3. The van der Waals surface area contributed by atoms with Gasteiger partial charge in [0.15, 0.2) is 5.84 Å². The number of rotatable bonds is 10. The van der Waals surface area contributed by atoms with Gasteiger partial charge in [-0.05, 0) is 25.7 Å². The number of ether oxygens (including phenoxy) is 2. The van der Waals surface area contributed by atoms with Crippen LogP contribution < -0.4 is 5.32 Å². The highest BCUT2D eigenvalue weighted by Crippen LogP contribution is 2.21. The number of methoxy groups -OCH3 is 1. The van der Waals surface area contributed by atoms with Crippen molar-refractivity contribution < 1.29 is 19.1 Å². The minimum absolute atomic E-state index is 0.102. The molecule has 2 amide bonds. The molecule has 2 fully saturated rings. The van der Waals surface area contributed by atoms with Crippen LogP contribution in [0.15, 0.2) is 30.3 Å². The second kappa shape index (κ2) is 14.8. The predicted octanol–water partition coefficient (Wildman–Crippen LogP) is 1.79. The van der Waals surface area contributed by atoms with Gasteiger partial charge in [0.2, 0.25) is 5.91 Å². The quantitative estimate of drug-likeness (QED) is 0.249. The molecule has 10 nitrogen and oxygen atoms in total. The Labute approximate surface area is 220 Å². The Bertz CT molecular complexity index is 905. The second-order valence-corrected chi connectivity index (χ2v) is 9.60. The molecule has 10 heteroatoms. The van der Waals surface area contributed by atoms with E-state index in [9.17, 15) is 9.59 Å². The normalized spacial score (nSPS) is 19.8. The zero-order valence-corrected chi connectivity index (χ0v) is 22.2. The molecule has 1 aromatic rings. The molecule has 0 spiro atoms. The van der Waals surface area contributed by atoms with Crippen molar-refractivity contribution in [1.82, 2.24) is 20.0 Å². The zero-order valence-electron chi connectivity index (χ0n) is 22.2. The number of nitrogens with one attached hydrogen (secondary N) is 3. The molecule has 3 N–H and O–H groups in total. The minimum Gasteiger partial charge on any atom is -0.385 e. The van der Waals surface area contributed by atoms with Crippen LogP contribution in [-0.2, 0) is 19.1 Å². The third-order valence-corrected chi connectivity index (χ3v) is 6.94. The first kappa shape index (κ1) is 28.7. The number of hydrogen-bond donors (Lipinski definition) is 3. The summed E-state index contributed by atoms with van der Waals surface area (Å²) in [5.41, 5.74) is 0.657. The van der Waals surface area contributed by atoms with Gasteiger partial charge in [-0.15, -0.1) is 0 Å². The fourth-order valence-electron chi connectivity index (χ4n) is 4.93. The Morgan fingerprint density at radius 2 is 1.84 bits per heavy atom. The Balaban J connectivity index is 1.74. The average molecular weight is 515 g/mol. The maximum absolute atomic E-state index is 13.8. The summed E-state index contributed by atoms with van der Waals surface area (Å²) in [6, 6.07) is 9.02. The number of piperidine rings is 1. The van der Waals surface area contributed by atoms with Gasteiger partial charge in [0.05, 0.1) is 19.1 Å². The summed E-state index contributed by atoms with van der Waals surface area (Å²) in [5, 5.41) is 21.0. The van der Waals surface area contributed by atoms with Gasteiger partial charge in [-0.1, -0.05) is 37.3 Å². The highest BCUT2D eigenvalue weighted by atomic mass is 16.5. The number of amides is 2. The van der Waals surface area contributed by atoms with E-state index >= 15 is 0 Å². The van der Waals surface area contributed by atoms with E-state index in [1.54, 1.807) is 12.0 Å². The lowest BCUT2D eigenvalue weighted by molar-refractivity contribution is -0.142. The lowest BCUT2D eigenvalue weighted by Crippen LogP contribution is -2.58.